The lowest BCUT2D eigenvalue weighted by molar-refractivity contribution is 0.102. The quantitative estimate of drug-likeness (QED) is 0.551. The summed E-state index contributed by atoms with van der Waals surface area (Å²) in [4.78, 5) is 21.7. The van der Waals surface area contributed by atoms with Gasteiger partial charge in [0.25, 0.3) is 5.91 Å². The zero-order valence-electron chi connectivity index (χ0n) is 19.8. The number of pyridine rings is 1. The maximum absolute atomic E-state index is 13.7. The predicted molar refractivity (Wildman–Crippen MR) is 127 cm³/mol. The van der Waals surface area contributed by atoms with Crippen LogP contribution in [0.5, 0.6) is 11.6 Å². The number of halogens is 1. The number of rotatable bonds is 7. The third-order valence-corrected chi connectivity index (χ3v) is 5.79. The topological polar surface area (TPSA) is 109 Å². The van der Waals surface area contributed by atoms with Crippen LogP contribution >= 0.6 is 0 Å². The van der Waals surface area contributed by atoms with Crippen LogP contribution in [0.2, 0.25) is 0 Å². The minimum atomic E-state index is -0.412. The summed E-state index contributed by atoms with van der Waals surface area (Å²) in [6.45, 7) is 3.22. The standard InChI is InChI=1S/C24H26FN7O3/c1-30-15-19(24(29-30)35-3)23(33)28-20-10-16(12-26)13-27-22(20)32-8-6-31(7-9-32)14-17-11-18(25)4-5-21(17)34-2/h4-5,10-11,13,15H,6-9,14H2,1-3H3,(H,28,33). The Balaban J connectivity index is 1.49. The molecule has 1 aliphatic rings. The summed E-state index contributed by atoms with van der Waals surface area (Å²) in [6.07, 6.45) is 3.05. The first-order valence-corrected chi connectivity index (χ1v) is 11.0. The zero-order valence-corrected chi connectivity index (χ0v) is 19.8. The van der Waals surface area contributed by atoms with E-state index in [0.29, 0.717) is 55.5 Å². The van der Waals surface area contributed by atoms with Crippen molar-refractivity contribution in [3.63, 3.8) is 0 Å². The first-order chi connectivity index (χ1) is 16.9. The van der Waals surface area contributed by atoms with Crippen LogP contribution in [-0.2, 0) is 13.6 Å². The SMILES string of the molecule is COc1ccc(F)cc1CN1CCN(c2ncc(C#N)cc2NC(=O)c2cn(C)nc2OC)CC1. The van der Waals surface area contributed by atoms with Crippen LogP contribution in [0.15, 0.2) is 36.7 Å². The minimum Gasteiger partial charge on any atom is -0.496 e. The molecule has 0 saturated carbocycles. The molecule has 1 N–H and O–H groups in total. The summed E-state index contributed by atoms with van der Waals surface area (Å²) >= 11 is 0. The number of anilines is 2. The van der Waals surface area contributed by atoms with Crippen molar-refractivity contribution >= 4 is 17.4 Å². The second kappa shape index (κ2) is 10.4. The third kappa shape index (κ3) is 5.33. The van der Waals surface area contributed by atoms with E-state index >= 15 is 0 Å². The fourth-order valence-electron chi connectivity index (χ4n) is 4.06. The number of ether oxygens (including phenoxy) is 2. The normalized spacial score (nSPS) is 13.9. The molecule has 0 spiro atoms. The highest BCUT2D eigenvalue weighted by molar-refractivity contribution is 6.07. The van der Waals surface area contributed by atoms with Gasteiger partial charge in [-0.25, -0.2) is 9.37 Å². The van der Waals surface area contributed by atoms with Gasteiger partial charge in [0, 0.05) is 57.7 Å². The highest BCUT2D eigenvalue weighted by atomic mass is 19.1. The molecule has 0 atom stereocenters. The van der Waals surface area contributed by atoms with Gasteiger partial charge in [0.2, 0.25) is 5.88 Å². The smallest absolute Gasteiger partial charge is 0.262 e. The summed E-state index contributed by atoms with van der Waals surface area (Å²) in [6, 6.07) is 8.18. The highest BCUT2D eigenvalue weighted by Gasteiger charge is 2.24. The van der Waals surface area contributed by atoms with Gasteiger partial charge in [-0.1, -0.05) is 0 Å². The van der Waals surface area contributed by atoms with Gasteiger partial charge in [0.15, 0.2) is 5.82 Å². The van der Waals surface area contributed by atoms with E-state index in [-0.39, 0.29) is 17.3 Å². The number of methoxy groups -OCH3 is 2. The van der Waals surface area contributed by atoms with Gasteiger partial charge in [-0.2, -0.15) is 5.26 Å². The van der Waals surface area contributed by atoms with Crippen molar-refractivity contribution in [3.05, 3.63) is 59.2 Å². The maximum Gasteiger partial charge on any atom is 0.262 e. The van der Waals surface area contributed by atoms with Crippen LogP contribution in [-0.4, -0.2) is 66.0 Å². The van der Waals surface area contributed by atoms with Crippen molar-refractivity contribution in [2.24, 2.45) is 7.05 Å². The van der Waals surface area contributed by atoms with E-state index in [1.54, 1.807) is 32.5 Å². The average molecular weight is 480 g/mol. The molecule has 3 heterocycles. The first-order valence-electron chi connectivity index (χ1n) is 11.0. The van der Waals surface area contributed by atoms with Crippen molar-refractivity contribution in [1.82, 2.24) is 19.7 Å². The van der Waals surface area contributed by atoms with E-state index in [1.807, 2.05) is 0 Å². The van der Waals surface area contributed by atoms with Crippen molar-refractivity contribution in [2.75, 3.05) is 50.6 Å². The van der Waals surface area contributed by atoms with Crippen molar-refractivity contribution in [2.45, 2.75) is 6.54 Å². The second-order valence-corrected chi connectivity index (χ2v) is 8.11. The highest BCUT2D eigenvalue weighted by Crippen LogP contribution is 2.28. The van der Waals surface area contributed by atoms with Gasteiger partial charge in [-0.05, 0) is 24.3 Å². The molecule has 1 amide bonds. The molecule has 182 valence electrons. The van der Waals surface area contributed by atoms with E-state index in [4.69, 9.17) is 9.47 Å². The first kappa shape index (κ1) is 24.0. The minimum absolute atomic E-state index is 0.206. The molecule has 11 heteroatoms. The number of nitrogens with zero attached hydrogens (tertiary/aromatic N) is 6. The Hall–Kier alpha value is -4.17. The average Bonchev–Trinajstić information content (AvgIpc) is 3.25. The van der Waals surface area contributed by atoms with E-state index in [2.05, 4.69) is 31.3 Å². The molecule has 1 aromatic carbocycles. The summed E-state index contributed by atoms with van der Waals surface area (Å²) in [5, 5.41) is 16.3. The van der Waals surface area contributed by atoms with Crippen LogP contribution in [0.4, 0.5) is 15.9 Å². The van der Waals surface area contributed by atoms with Crippen LogP contribution < -0.4 is 19.7 Å². The van der Waals surface area contributed by atoms with E-state index < -0.39 is 5.91 Å². The molecule has 0 aliphatic carbocycles. The molecule has 1 fully saturated rings. The second-order valence-electron chi connectivity index (χ2n) is 8.11. The Morgan fingerprint density at radius 3 is 2.66 bits per heavy atom. The molecule has 3 aromatic rings. The lowest BCUT2D eigenvalue weighted by Gasteiger charge is -2.36. The van der Waals surface area contributed by atoms with Gasteiger partial charge in [-0.3, -0.25) is 14.4 Å². The van der Waals surface area contributed by atoms with Crippen LogP contribution in [0.1, 0.15) is 21.5 Å². The zero-order chi connectivity index (χ0) is 24.9. The molecule has 0 bridgehead atoms. The summed E-state index contributed by atoms with van der Waals surface area (Å²) in [5.41, 5.74) is 1.83. The maximum atomic E-state index is 13.7. The lowest BCUT2D eigenvalue weighted by Crippen LogP contribution is -2.46. The van der Waals surface area contributed by atoms with Crippen LogP contribution in [0, 0.1) is 17.1 Å². The Morgan fingerprint density at radius 1 is 1.20 bits per heavy atom. The Labute approximate surface area is 202 Å². The van der Waals surface area contributed by atoms with Crippen molar-refractivity contribution in [3.8, 4) is 17.7 Å². The van der Waals surface area contributed by atoms with Gasteiger partial charge >= 0.3 is 0 Å². The largest absolute Gasteiger partial charge is 0.496 e. The molecule has 1 saturated heterocycles. The number of nitriles is 1. The monoisotopic (exact) mass is 479 g/mol. The van der Waals surface area contributed by atoms with E-state index in [0.717, 1.165) is 5.56 Å². The van der Waals surface area contributed by atoms with E-state index in [1.165, 1.54) is 30.1 Å². The van der Waals surface area contributed by atoms with Crippen molar-refractivity contribution < 1.29 is 18.7 Å². The Kier molecular flexibility index (Phi) is 7.12. The molecule has 10 nitrogen and oxygen atoms in total. The number of piperazine rings is 1. The summed E-state index contributed by atoms with van der Waals surface area (Å²) in [5.74, 6) is 0.718. The molecule has 0 radical (unpaired) electrons. The molecular formula is C24H26FN7O3. The van der Waals surface area contributed by atoms with Gasteiger partial charge < -0.3 is 19.7 Å². The van der Waals surface area contributed by atoms with Crippen LogP contribution in [0.25, 0.3) is 0 Å². The number of aryl methyl sites for hydroxylation is 1. The van der Waals surface area contributed by atoms with Gasteiger partial charge in [0.05, 0.1) is 25.5 Å². The van der Waals surface area contributed by atoms with Crippen LogP contribution in [0.3, 0.4) is 0 Å². The number of carbonyl (C=O) groups excluding carboxylic acids is 1. The number of hydrogen-bond donors (Lipinski definition) is 1. The van der Waals surface area contributed by atoms with Crippen molar-refractivity contribution in [1.29, 1.82) is 5.26 Å². The van der Waals surface area contributed by atoms with E-state index in [9.17, 15) is 14.4 Å². The number of carbonyl (C=O) groups is 1. The molecule has 2 aromatic heterocycles. The number of nitrogens with one attached hydrogen (secondary N) is 1. The molecule has 1 aliphatic heterocycles. The summed E-state index contributed by atoms with van der Waals surface area (Å²) in [7, 11) is 4.71. The fourth-order valence-corrected chi connectivity index (χ4v) is 4.06. The molecule has 4 rings (SSSR count). The van der Waals surface area contributed by atoms with Gasteiger partial charge in [-0.15, -0.1) is 5.10 Å². The number of hydrogen-bond acceptors (Lipinski definition) is 8. The third-order valence-electron chi connectivity index (χ3n) is 5.79. The molecule has 0 unspecified atom stereocenters. The Morgan fingerprint density at radius 2 is 1.97 bits per heavy atom. The fraction of sp³-hybridized carbons (Fsp3) is 0.333. The number of benzene rings is 1. The Bertz CT molecular complexity index is 1260. The number of amides is 1. The molecule has 35 heavy (non-hydrogen) atoms. The lowest BCUT2D eigenvalue weighted by atomic mass is 10.1. The summed E-state index contributed by atoms with van der Waals surface area (Å²) < 4.78 is 25.8. The number of aromatic nitrogens is 3. The molecular weight excluding hydrogens is 453 g/mol. The van der Waals surface area contributed by atoms with Gasteiger partial charge in [0.1, 0.15) is 23.2 Å². The predicted octanol–water partition coefficient (Wildman–Crippen LogP) is 2.42.